The predicted octanol–water partition coefficient (Wildman–Crippen LogP) is 0.585. The molecule has 0 fully saturated rings. The van der Waals surface area contributed by atoms with Gasteiger partial charge in [0.1, 0.15) is 11.4 Å². The highest BCUT2D eigenvalue weighted by Crippen LogP contribution is 2.06. The van der Waals surface area contributed by atoms with Crippen LogP contribution < -0.4 is 0 Å². The molecule has 0 aliphatic heterocycles. The average Bonchev–Trinajstić information content (AvgIpc) is 2.88. The van der Waals surface area contributed by atoms with E-state index >= 15 is 0 Å². The van der Waals surface area contributed by atoms with E-state index in [1.807, 2.05) is 9.80 Å². The van der Waals surface area contributed by atoms with Crippen LogP contribution >= 0.6 is 0 Å². The molecular weight excluding hydrogens is 484 g/mol. The van der Waals surface area contributed by atoms with E-state index in [9.17, 15) is 19.8 Å². The van der Waals surface area contributed by atoms with Crippen molar-refractivity contribution < 1.29 is 39.5 Å². The second-order valence-electron chi connectivity index (χ2n) is 8.22. The van der Waals surface area contributed by atoms with E-state index in [1.54, 1.807) is 24.3 Å². The van der Waals surface area contributed by atoms with E-state index in [0.717, 1.165) is 0 Å². The van der Waals surface area contributed by atoms with E-state index in [4.69, 9.17) is 19.7 Å². The number of carboxylic acids is 2. The number of rotatable bonds is 20. The highest BCUT2D eigenvalue weighted by molar-refractivity contribution is 5.85. The van der Waals surface area contributed by atoms with Crippen molar-refractivity contribution >= 4 is 11.9 Å². The SMILES string of the molecule is O=C(O)c1cccc(CN(CCO)CCOCCCOCCN(CCO)Cc2cccc(C(=O)O)n2)n1. The Morgan fingerprint density at radius 1 is 0.676 bits per heavy atom. The lowest BCUT2D eigenvalue weighted by Crippen LogP contribution is -2.31. The summed E-state index contributed by atoms with van der Waals surface area (Å²) < 4.78 is 11.3. The molecule has 0 aliphatic rings. The summed E-state index contributed by atoms with van der Waals surface area (Å²) in [5, 5.41) is 36.8. The molecule has 0 aromatic carbocycles. The number of pyridine rings is 2. The van der Waals surface area contributed by atoms with Gasteiger partial charge < -0.3 is 29.9 Å². The lowest BCUT2D eigenvalue weighted by Gasteiger charge is -2.21. The topological polar surface area (TPSA) is 166 Å². The summed E-state index contributed by atoms with van der Waals surface area (Å²) in [5.74, 6) is -2.16. The van der Waals surface area contributed by atoms with Gasteiger partial charge in [-0.2, -0.15) is 0 Å². The average molecular weight is 521 g/mol. The molecular formula is C25H36N4O8. The minimum absolute atomic E-state index is 0.0127. The largest absolute Gasteiger partial charge is 0.477 e. The summed E-state index contributed by atoms with van der Waals surface area (Å²) in [6.07, 6.45) is 0.699. The molecule has 0 saturated heterocycles. The van der Waals surface area contributed by atoms with E-state index in [1.165, 1.54) is 12.1 Å². The van der Waals surface area contributed by atoms with Gasteiger partial charge in [-0.05, 0) is 30.7 Å². The Balaban J connectivity index is 1.61. The van der Waals surface area contributed by atoms with Gasteiger partial charge in [-0.25, -0.2) is 19.6 Å². The van der Waals surface area contributed by atoms with Gasteiger partial charge >= 0.3 is 11.9 Å². The van der Waals surface area contributed by atoms with Crippen LogP contribution in [0.4, 0.5) is 0 Å². The van der Waals surface area contributed by atoms with Crippen molar-refractivity contribution in [3.05, 3.63) is 59.2 Å². The summed E-state index contributed by atoms with van der Waals surface area (Å²) in [6, 6.07) is 9.68. The maximum absolute atomic E-state index is 11.1. The van der Waals surface area contributed by atoms with Crippen LogP contribution in [-0.4, -0.2) is 118 Å². The zero-order chi connectivity index (χ0) is 26.9. The first-order valence-electron chi connectivity index (χ1n) is 12.1. The van der Waals surface area contributed by atoms with Gasteiger partial charge in [0, 0.05) is 52.5 Å². The zero-order valence-electron chi connectivity index (χ0n) is 20.9. The summed E-state index contributed by atoms with van der Waals surface area (Å²) in [6.45, 7) is 4.65. The van der Waals surface area contributed by atoms with Crippen molar-refractivity contribution in [2.75, 3.05) is 65.8 Å². The fourth-order valence-electron chi connectivity index (χ4n) is 3.51. The van der Waals surface area contributed by atoms with Gasteiger partial charge in [-0.15, -0.1) is 0 Å². The molecule has 0 aliphatic carbocycles. The van der Waals surface area contributed by atoms with E-state index < -0.39 is 11.9 Å². The van der Waals surface area contributed by atoms with Crippen molar-refractivity contribution in [3.63, 3.8) is 0 Å². The molecule has 0 radical (unpaired) electrons. The third kappa shape index (κ3) is 12.2. The molecule has 4 N–H and O–H groups in total. The highest BCUT2D eigenvalue weighted by atomic mass is 16.5. The number of hydrogen-bond donors (Lipinski definition) is 4. The first-order chi connectivity index (χ1) is 17.9. The number of aromatic nitrogens is 2. The van der Waals surface area contributed by atoms with E-state index in [0.29, 0.717) is 83.5 Å². The Kier molecular flexibility index (Phi) is 14.3. The van der Waals surface area contributed by atoms with Crippen molar-refractivity contribution in [2.24, 2.45) is 0 Å². The quantitative estimate of drug-likeness (QED) is 0.180. The van der Waals surface area contributed by atoms with Gasteiger partial charge in [0.05, 0.1) is 37.8 Å². The molecule has 0 amide bonds. The molecule has 0 atom stereocenters. The molecule has 2 aromatic rings. The van der Waals surface area contributed by atoms with Crippen molar-refractivity contribution in [1.29, 1.82) is 0 Å². The van der Waals surface area contributed by atoms with Gasteiger partial charge in [-0.1, -0.05) is 12.1 Å². The van der Waals surface area contributed by atoms with E-state index in [-0.39, 0.29) is 24.6 Å². The number of aliphatic hydroxyl groups excluding tert-OH is 2. The fourth-order valence-corrected chi connectivity index (χ4v) is 3.51. The molecule has 0 spiro atoms. The summed E-state index contributed by atoms with van der Waals surface area (Å²) in [5.41, 5.74) is 1.20. The molecule has 12 heteroatoms. The summed E-state index contributed by atoms with van der Waals surface area (Å²) in [4.78, 5) is 34.3. The molecule has 0 unspecified atom stereocenters. The Hall–Kier alpha value is -3.00. The molecule has 0 bridgehead atoms. The summed E-state index contributed by atoms with van der Waals surface area (Å²) in [7, 11) is 0. The lowest BCUT2D eigenvalue weighted by atomic mass is 10.3. The second-order valence-corrected chi connectivity index (χ2v) is 8.22. The van der Waals surface area contributed by atoms with Crippen LogP contribution in [0.1, 0.15) is 38.8 Å². The van der Waals surface area contributed by atoms with Crippen LogP contribution in [0, 0.1) is 0 Å². The van der Waals surface area contributed by atoms with Crippen LogP contribution in [0.5, 0.6) is 0 Å². The highest BCUT2D eigenvalue weighted by Gasteiger charge is 2.11. The van der Waals surface area contributed by atoms with Gasteiger partial charge in [0.15, 0.2) is 0 Å². The second kappa shape index (κ2) is 17.5. The van der Waals surface area contributed by atoms with Crippen molar-refractivity contribution in [2.45, 2.75) is 19.5 Å². The smallest absolute Gasteiger partial charge is 0.354 e. The number of ether oxygens (including phenoxy) is 2. The fraction of sp³-hybridized carbons (Fsp3) is 0.520. The normalized spacial score (nSPS) is 11.4. The van der Waals surface area contributed by atoms with Crippen molar-refractivity contribution in [1.82, 2.24) is 19.8 Å². The number of carbonyl (C=O) groups is 2. The molecule has 2 heterocycles. The Morgan fingerprint density at radius 3 is 1.49 bits per heavy atom. The standard InChI is InChI=1S/C25H36N4O8/c30-12-8-28(18-20-4-1-6-22(26-20)24(32)33)10-16-36-14-3-15-37-17-11-29(9-13-31)19-21-5-2-7-23(27-21)25(34)35/h1-2,4-7,30-31H,3,8-19H2,(H,32,33)(H,34,35). The maximum Gasteiger partial charge on any atom is 0.354 e. The molecule has 204 valence electrons. The van der Waals surface area contributed by atoms with E-state index in [2.05, 4.69) is 9.97 Å². The zero-order valence-corrected chi connectivity index (χ0v) is 20.9. The third-order valence-electron chi connectivity index (χ3n) is 5.34. The number of hydrogen-bond acceptors (Lipinski definition) is 10. The lowest BCUT2D eigenvalue weighted by molar-refractivity contribution is 0.0559. The monoisotopic (exact) mass is 520 g/mol. The predicted molar refractivity (Wildman–Crippen MR) is 133 cm³/mol. The maximum atomic E-state index is 11.1. The number of aliphatic hydroxyl groups is 2. The van der Waals surface area contributed by atoms with Crippen molar-refractivity contribution in [3.8, 4) is 0 Å². The first kappa shape index (κ1) is 30.2. The molecule has 12 nitrogen and oxygen atoms in total. The van der Waals surface area contributed by atoms with Crippen LogP contribution in [0.15, 0.2) is 36.4 Å². The molecule has 0 saturated carbocycles. The molecule has 37 heavy (non-hydrogen) atoms. The number of carboxylic acid groups (broad SMARTS) is 2. The van der Waals surface area contributed by atoms with Gasteiger partial charge in [0.25, 0.3) is 0 Å². The molecule has 2 rings (SSSR count). The Morgan fingerprint density at radius 2 is 1.11 bits per heavy atom. The van der Waals surface area contributed by atoms with Crippen LogP contribution in [-0.2, 0) is 22.6 Å². The van der Waals surface area contributed by atoms with Crippen LogP contribution in [0.3, 0.4) is 0 Å². The Bertz CT molecular complexity index is 886. The minimum atomic E-state index is -1.08. The van der Waals surface area contributed by atoms with Gasteiger partial charge in [-0.3, -0.25) is 9.80 Å². The number of nitrogens with zero attached hydrogens (tertiary/aromatic N) is 4. The third-order valence-corrected chi connectivity index (χ3v) is 5.34. The van der Waals surface area contributed by atoms with Crippen LogP contribution in [0.2, 0.25) is 0 Å². The Labute approximate surface area is 216 Å². The minimum Gasteiger partial charge on any atom is -0.477 e. The summed E-state index contributed by atoms with van der Waals surface area (Å²) >= 11 is 0. The number of aromatic carboxylic acids is 2. The van der Waals surface area contributed by atoms with Crippen LogP contribution in [0.25, 0.3) is 0 Å². The first-order valence-corrected chi connectivity index (χ1v) is 12.1. The molecule has 2 aromatic heterocycles. The van der Waals surface area contributed by atoms with Gasteiger partial charge in [0.2, 0.25) is 0 Å².